The number of methoxy groups -OCH3 is 1. The molecule has 2 atom stereocenters. The smallest absolute Gasteiger partial charge is 0.341 e. The van der Waals surface area contributed by atoms with Gasteiger partial charge in [0.2, 0.25) is 0 Å². The van der Waals surface area contributed by atoms with E-state index in [1.807, 2.05) is 0 Å². The van der Waals surface area contributed by atoms with E-state index in [0.29, 0.717) is 5.69 Å². The Morgan fingerprint density at radius 3 is 2.95 bits per heavy atom. The van der Waals surface area contributed by atoms with Gasteiger partial charge in [-0.2, -0.15) is 0 Å². The molecule has 2 unspecified atom stereocenters. The quantitative estimate of drug-likeness (QED) is 0.681. The average molecular weight is 285 g/mol. The molecule has 1 heterocycles. The Kier molecular flexibility index (Phi) is 4.61. The van der Waals surface area contributed by atoms with E-state index in [4.69, 9.17) is 26.8 Å². The Labute approximate surface area is 117 Å². The molecule has 1 saturated carbocycles. The number of nitrogens with two attached hydrogens (primary N) is 1. The summed E-state index contributed by atoms with van der Waals surface area (Å²) in [5.41, 5.74) is 6.19. The number of carbonyl (C=O) groups excluding carboxylic acids is 1. The summed E-state index contributed by atoms with van der Waals surface area (Å²) in [6, 6.07) is 1.48. The van der Waals surface area contributed by atoms with E-state index in [2.05, 4.69) is 4.98 Å². The summed E-state index contributed by atoms with van der Waals surface area (Å²) in [7, 11) is 1.67. The summed E-state index contributed by atoms with van der Waals surface area (Å²) >= 11 is 5.87. The van der Waals surface area contributed by atoms with Gasteiger partial charge in [-0.15, -0.1) is 0 Å². The van der Waals surface area contributed by atoms with Crippen LogP contribution in [0.15, 0.2) is 12.3 Å². The van der Waals surface area contributed by atoms with Gasteiger partial charge < -0.3 is 15.2 Å². The van der Waals surface area contributed by atoms with E-state index in [9.17, 15) is 4.79 Å². The highest BCUT2D eigenvalue weighted by Crippen LogP contribution is 2.25. The molecule has 1 fully saturated rings. The van der Waals surface area contributed by atoms with Gasteiger partial charge in [-0.3, -0.25) is 0 Å². The molecule has 0 aliphatic heterocycles. The Hall–Kier alpha value is -1.33. The molecule has 0 aromatic carbocycles. The van der Waals surface area contributed by atoms with Crippen LogP contribution < -0.4 is 5.73 Å². The number of anilines is 1. The number of halogens is 1. The molecule has 0 amide bonds. The first-order chi connectivity index (χ1) is 9.10. The molecule has 1 aliphatic carbocycles. The lowest BCUT2D eigenvalue weighted by molar-refractivity contribution is -0.0149. The predicted octanol–water partition coefficient (Wildman–Crippen LogP) is 2.43. The summed E-state index contributed by atoms with van der Waals surface area (Å²) in [5.74, 6) is -0.480. The summed E-state index contributed by atoms with van der Waals surface area (Å²) in [6.45, 7) is 0. The molecule has 1 aromatic rings. The van der Waals surface area contributed by atoms with Gasteiger partial charge in [0.1, 0.15) is 11.3 Å². The predicted molar refractivity (Wildman–Crippen MR) is 72.1 cm³/mol. The van der Waals surface area contributed by atoms with Crippen molar-refractivity contribution in [2.45, 2.75) is 37.9 Å². The van der Waals surface area contributed by atoms with Crippen LogP contribution >= 0.6 is 11.6 Å². The third kappa shape index (κ3) is 3.58. The second-order valence-electron chi connectivity index (χ2n) is 4.66. The maximum atomic E-state index is 12.0. The average Bonchev–Trinajstić information content (AvgIpc) is 2.41. The fraction of sp³-hybridized carbons (Fsp3) is 0.538. The number of nitrogens with zero attached hydrogens (tertiary/aromatic N) is 1. The van der Waals surface area contributed by atoms with Gasteiger partial charge in [-0.25, -0.2) is 9.78 Å². The molecule has 104 valence electrons. The Balaban J connectivity index is 2.02. The molecule has 0 radical (unpaired) electrons. The number of hydrogen-bond acceptors (Lipinski definition) is 5. The summed E-state index contributed by atoms with van der Waals surface area (Å²) in [6.07, 6.45) is 4.98. The molecule has 2 rings (SSSR count). The van der Waals surface area contributed by atoms with Gasteiger partial charge in [0, 0.05) is 13.5 Å². The van der Waals surface area contributed by atoms with Crippen molar-refractivity contribution in [2.75, 3.05) is 12.8 Å². The van der Waals surface area contributed by atoms with Gasteiger partial charge in [0.25, 0.3) is 0 Å². The molecule has 5 nitrogen and oxygen atoms in total. The van der Waals surface area contributed by atoms with E-state index in [0.717, 1.165) is 25.7 Å². The van der Waals surface area contributed by atoms with Gasteiger partial charge in [0.15, 0.2) is 0 Å². The van der Waals surface area contributed by atoms with Gasteiger partial charge >= 0.3 is 5.97 Å². The summed E-state index contributed by atoms with van der Waals surface area (Å²) < 4.78 is 10.7. The lowest BCUT2D eigenvalue weighted by atomic mass is 9.95. The molecular formula is C13H17ClN2O3. The standard InChI is InChI=1S/C13H17ClN2O3/c1-18-9-3-2-4-10(6-9)19-13(17)11-5-8(15)7-16-12(11)14/h5,7,9-10H,2-4,6,15H2,1H3. The zero-order valence-corrected chi connectivity index (χ0v) is 11.5. The number of carbonyl (C=O) groups is 1. The third-order valence-corrected chi connectivity index (χ3v) is 3.57. The number of nitrogen functional groups attached to an aromatic ring is 1. The fourth-order valence-corrected chi connectivity index (χ4v) is 2.43. The van der Waals surface area contributed by atoms with Crippen LogP contribution in [0.2, 0.25) is 5.15 Å². The normalized spacial score (nSPS) is 23.1. The Morgan fingerprint density at radius 1 is 1.47 bits per heavy atom. The van der Waals surface area contributed by atoms with E-state index in [1.54, 1.807) is 7.11 Å². The summed E-state index contributed by atoms with van der Waals surface area (Å²) in [4.78, 5) is 15.9. The van der Waals surface area contributed by atoms with Crippen molar-refractivity contribution < 1.29 is 14.3 Å². The van der Waals surface area contributed by atoms with Crippen LogP contribution in [0.4, 0.5) is 5.69 Å². The molecule has 0 bridgehead atoms. The van der Waals surface area contributed by atoms with Crippen molar-refractivity contribution in [1.29, 1.82) is 0 Å². The maximum absolute atomic E-state index is 12.0. The first-order valence-corrected chi connectivity index (χ1v) is 6.62. The SMILES string of the molecule is COC1CCCC(OC(=O)c2cc(N)cnc2Cl)C1. The van der Waals surface area contributed by atoms with Crippen LogP contribution in [0, 0.1) is 0 Å². The highest BCUT2D eigenvalue weighted by atomic mass is 35.5. The number of rotatable bonds is 3. The molecule has 1 aliphatic rings. The highest BCUT2D eigenvalue weighted by Gasteiger charge is 2.26. The number of ether oxygens (including phenoxy) is 2. The minimum Gasteiger partial charge on any atom is -0.459 e. The topological polar surface area (TPSA) is 74.4 Å². The van der Waals surface area contributed by atoms with Gasteiger partial charge in [-0.1, -0.05) is 11.6 Å². The minimum atomic E-state index is -0.480. The van der Waals surface area contributed by atoms with Crippen LogP contribution in [0.3, 0.4) is 0 Å². The van der Waals surface area contributed by atoms with Crippen LogP contribution in [0.1, 0.15) is 36.0 Å². The second-order valence-corrected chi connectivity index (χ2v) is 5.02. The number of aromatic nitrogens is 1. The highest BCUT2D eigenvalue weighted by molar-refractivity contribution is 6.32. The van der Waals surface area contributed by atoms with Crippen molar-refractivity contribution >= 4 is 23.3 Å². The zero-order valence-electron chi connectivity index (χ0n) is 10.8. The molecule has 6 heteroatoms. The van der Waals surface area contributed by atoms with E-state index in [-0.39, 0.29) is 22.9 Å². The fourth-order valence-electron chi connectivity index (χ4n) is 2.25. The van der Waals surface area contributed by atoms with Crippen LogP contribution in [0.5, 0.6) is 0 Å². The summed E-state index contributed by atoms with van der Waals surface area (Å²) in [5, 5.41) is 0.110. The zero-order chi connectivity index (χ0) is 13.8. The minimum absolute atomic E-state index is 0.110. The van der Waals surface area contributed by atoms with Crippen LogP contribution in [-0.4, -0.2) is 30.3 Å². The van der Waals surface area contributed by atoms with E-state index >= 15 is 0 Å². The third-order valence-electron chi connectivity index (χ3n) is 3.27. The van der Waals surface area contributed by atoms with Crippen LogP contribution in [0.25, 0.3) is 0 Å². The first kappa shape index (κ1) is 14.1. The Bertz CT molecular complexity index is 467. The second kappa shape index (κ2) is 6.21. The van der Waals surface area contributed by atoms with Gasteiger partial charge in [-0.05, 0) is 25.3 Å². The maximum Gasteiger partial charge on any atom is 0.341 e. The molecule has 0 spiro atoms. The molecule has 19 heavy (non-hydrogen) atoms. The number of esters is 1. The van der Waals surface area contributed by atoms with Crippen molar-refractivity contribution in [3.8, 4) is 0 Å². The Morgan fingerprint density at radius 2 is 2.21 bits per heavy atom. The largest absolute Gasteiger partial charge is 0.459 e. The van der Waals surface area contributed by atoms with Crippen molar-refractivity contribution in [3.05, 3.63) is 23.0 Å². The first-order valence-electron chi connectivity index (χ1n) is 6.25. The number of pyridine rings is 1. The van der Waals surface area contributed by atoms with Crippen molar-refractivity contribution in [3.63, 3.8) is 0 Å². The van der Waals surface area contributed by atoms with Crippen molar-refractivity contribution in [2.24, 2.45) is 0 Å². The van der Waals surface area contributed by atoms with Gasteiger partial charge in [0.05, 0.1) is 23.6 Å². The monoisotopic (exact) mass is 284 g/mol. The molecule has 0 saturated heterocycles. The van der Waals surface area contributed by atoms with Crippen molar-refractivity contribution in [1.82, 2.24) is 4.98 Å². The van der Waals surface area contributed by atoms with E-state index in [1.165, 1.54) is 12.3 Å². The molecular weight excluding hydrogens is 268 g/mol. The lowest BCUT2D eigenvalue weighted by Gasteiger charge is -2.27. The molecule has 2 N–H and O–H groups in total. The lowest BCUT2D eigenvalue weighted by Crippen LogP contribution is -2.29. The van der Waals surface area contributed by atoms with E-state index < -0.39 is 5.97 Å². The van der Waals surface area contributed by atoms with Crippen LogP contribution in [-0.2, 0) is 9.47 Å². The molecule has 1 aromatic heterocycles. The number of hydrogen-bond donors (Lipinski definition) is 1.